The van der Waals surface area contributed by atoms with E-state index in [-0.39, 0.29) is 11.8 Å². The molecular weight excluding hydrogens is 436 g/mol. The number of carbonyl (C=O) groups is 2. The Hall–Kier alpha value is -4.20. The molecule has 0 saturated heterocycles. The molecule has 0 spiro atoms. The summed E-state index contributed by atoms with van der Waals surface area (Å²) in [5.41, 5.74) is 1.95. The fourth-order valence-electron chi connectivity index (χ4n) is 3.22. The lowest BCUT2D eigenvalue weighted by atomic mass is 10.1. The molecule has 178 valence electrons. The molecule has 3 rings (SSSR count). The van der Waals surface area contributed by atoms with Crippen molar-refractivity contribution in [1.29, 1.82) is 0 Å². The van der Waals surface area contributed by atoms with Crippen LogP contribution in [0.5, 0.6) is 23.0 Å². The lowest BCUT2D eigenvalue weighted by Gasteiger charge is -2.12. The molecule has 0 aliphatic heterocycles. The molecule has 2 N–H and O–H groups in total. The quantitative estimate of drug-likeness (QED) is 0.438. The number of methoxy groups -OCH3 is 2. The second-order valence-electron chi connectivity index (χ2n) is 7.08. The van der Waals surface area contributed by atoms with E-state index in [1.165, 1.54) is 14.2 Å². The van der Waals surface area contributed by atoms with Crippen LogP contribution in [-0.2, 0) is 0 Å². The van der Waals surface area contributed by atoms with Crippen LogP contribution in [0.3, 0.4) is 0 Å². The number of amides is 2. The van der Waals surface area contributed by atoms with Crippen LogP contribution in [-0.4, -0.2) is 39.2 Å². The van der Waals surface area contributed by atoms with Crippen molar-refractivity contribution in [2.45, 2.75) is 13.8 Å². The van der Waals surface area contributed by atoms with Crippen LogP contribution in [0.25, 0.3) is 0 Å². The lowest BCUT2D eigenvalue weighted by molar-refractivity contribution is 0.101. The second-order valence-corrected chi connectivity index (χ2v) is 7.08. The van der Waals surface area contributed by atoms with Gasteiger partial charge < -0.3 is 29.6 Å². The lowest BCUT2D eigenvalue weighted by Crippen LogP contribution is -2.14. The second kappa shape index (κ2) is 11.6. The zero-order valence-electron chi connectivity index (χ0n) is 19.6. The molecule has 0 aromatic heterocycles. The highest BCUT2D eigenvalue weighted by Crippen LogP contribution is 2.31. The minimum Gasteiger partial charge on any atom is -0.493 e. The fourth-order valence-corrected chi connectivity index (χ4v) is 3.22. The standard InChI is InChI=1S/C26H28N2O6/c1-5-33-21-13-11-19(15-23(21)31-3)27-25(29)17-7-9-18(10-8-17)26(30)28-20-12-14-22(34-6-2)24(16-20)32-4/h7-16H,5-6H2,1-4H3,(H,27,29)(H,28,30). The van der Waals surface area contributed by atoms with Gasteiger partial charge in [0.05, 0.1) is 27.4 Å². The Labute approximate surface area is 198 Å². The number of hydrogen-bond acceptors (Lipinski definition) is 6. The monoisotopic (exact) mass is 464 g/mol. The molecule has 0 radical (unpaired) electrons. The summed E-state index contributed by atoms with van der Waals surface area (Å²) in [7, 11) is 3.08. The largest absolute Gasteiger partial charge is 0.493 e. The molecule has 34 heavy (non-hydrogen) atoms. The van der Waals surface area contributed by atoms with Crippen molar-refractivity contribution in [2.24, 2.45) is 0 Å². The van der Waals surface area contributed by atoms with Gasteiger partial charge >= 0.3 is 0 Å². The average molecular weight is 465 g/mol. The third-order valence-corrected chi connectivity index (χ3v) is 4.85. The highest BCUT2D eigenvalue weighted by Gasteiger charge is 2.13. The number of benzene rings is 3. The van der Waals surface area contributed by atoms with E-state index in [2.05, 4.69) is 10.6 Å². The first-order valence-electron chi connectivity index (χ1n) is 10.8. The van der Waals surface area contributed by atoms with Gasteiger partial charge in [-0.1, -0.05) is 0 Å². The van der Waals surface area contributed by atoms with Gasteiger partial charge in [-0.3, -0.25) is 9.59 Å². The van der Waals surface area contributed by atoms with E-state index in [0.29, 0.717) is 58.7 Å². The Morgan fingerprint density at radius 1 is 0.618 bits per heavy atom. The molecular formula is C26H28N2O6. The summed E-state index contributed by atoms with van der Waals surface area (Å²) in [6.07, 6.45) is 0. The fraction of sp³-hybridized carbons (Fsp3) is 0.231. The number of nitrogens with one attached hydrogen (secondary N) is 2. The van der Waals surface area contributed by atoms with Crippen molar-refractivity contribution < 1.29 is 28.5 Å². The highest BCUT2D eigenvalue weighted by atomic mass is 16.5. The van der Waals surface area contributed by atoms with Gasteiger partial charge in [-0.25, -0.2) is 0 Å². The van der Waals surface area contributed by atoms with E-state index in [1.54, 1.807) is 60.7 Å². The molecule has 3 aromatic rings. The molecule has 0 bridgehead atoms. The van der Waals surface area contributed by atoms with E-state index in [9.17, 15) is 9.59 Å². The maximum Gasteiger partial charge on any atom is 0.255 e. The molecule has 0 atom stereocenters. The molecule has 0 saturated carbocycles. The predicted octanol–water partition coefficient (Wildman–Crippen LogP) is 5.01. The summed E-state index contributed by atoms with van der Waals surface area (Å²) in [6.45, 7) is 4.78. The zero-order valence-corrected chi connectivity index (χ0v) is 19.6. The molecule has 2 amide bonds. The third-order valence-electron chi connectivity index (χ3n) is 4.85. The van der Waals surface area contributed by atoms with Crippen LogP contribution in [0.2, 0.25) is 0 Å². The van der Waals surface area contributed by atoms with Crippen LogP contribution < -0.4 is 29.6 Å². The van der Waals surface area contributed by atoms with Gasteiger partial charge in [-0.2, -0.15) is 0 Å². The smallest absolute Gasteiger partial charge is 0.255 e. The Morgan fingerprint density at radius 2 is 1.00 bits per heavy atom. The van der Waals surface area contributed by atoms with Crippen LogP contribution in [0.4, 0.5) is 11.4 Å². The topological polar surface area (TPSA) is 95.1 Å². The van der Waals surface area contributed by atoms with Gasteiger partial charge in [0.2, 0.25) is 0 Å². The Morgan fingerprint density at radius 3 is 1.32 bits per heavy atom. The van der Waals surface area contributed by atoms with Crippen molar-refractivity contribution in [1.82, 2.24) is 0 Å². The zero-order chi connectivity index (χ0) is 24.5. The van der Waals surface area contributed by atoms with Crippen molar-refractivity contribution in [3.05, 3.63) is 71.8 Å². The van der Waals surface area contributed by atoms with E-state index in [1.807, 2.05) is 13.8 Å². The van der Waals surface area contributed by atoms with Gasteiger partial charge in [-0.05, 0) is 62.4 Å². The van der Waals surface area contributed by atoms with Crippen molar-refractivity contribution in [3.8, 4) is 23.0 Å². The molecule has 3 aromatic carbocycles. The summed E-state index contributed by atoms with van der Waals surface area (Å²) < 4.78 is 21.6. The number of ether oxygens (including phenoxy) is 4. The molecule has 0 fully saturated rings. The number of rotatable bonds is 10. The molecule has 8 heteroatoms. The first kappa shape index (κ1) is 24.4. The summed E-state index contributed by atoms with van der Waals surface area (Å²) in [6, 6.07) is 16.7. The normalized spacial score (nSPS) is 10.2. The van der Waals surface area contributed by atoms with Gasteiger partial charge in [-0.15, -0.1) is 0 Å². The first-order valence-corrected chi connectivity index (χ1v) is 10.8. The summed E-state index contributed by atoms with van der Waals surface area (Å²) in [5, 5.41) is 5.64. The minimum atomic E-state index is -0.311. The Kier molecular flexibility index (Phi) is 8.34. The molecule has 0 aliphatic rings. The highest BCUT2D eigenvalue weighted by molar-refractivity contribution is 6.07. The van der Waals surface area contributed by atoms with Gasteiger partial charge in [0.1, 0.15) is 0 Å². The van der Waals surface area contributed by atoms with Crippen molar-refractivity contribution in [2.75, 3.05) is 38.1 Å². The molecule has 8 nitrogen and oxygen atoms in total. The predicted molar refractivity (Wildman–Crippen MR) is 131 cm³/mol. The Balaban J connectivity index is 1.66. The minimum absolute atomic E-state index is 0.311. The number of anilines is 2. The van der Waals surface area contributed by atoms with Crippen molar-refractivity contribution in [3.63, 3.8) is 0 Å². The third kappa shape index (κ3) is 5.98. The molecule has 0 unspecified atom stereocenters. The van der Waals surface area contributed by atoms with E-state index < -0.39 is 0 Å². The molecule has 0 heterocycles. The maximum atomic E-state index is 12.6. The number of carbonyl (C=O) groups excluding carboxylic acids is 2. The van der Waals surface area contributed by atoms with Crippen LogP contribution in [0.15, 0.2) is 60.7 Å². The van der Waals surface area contributed by atoms with E-state index >= 15 is 0 Å². The average Bonchev–Trinajstić information content (AvgIpc) is 2.86. The summed E-state index contributed by atoms with van der Waals surface area (Å²) in [5.74, 6) is 1.63. The Bertz CT molecular complexity index is 1050. The van der Waals surface area contributed by atoms with E-state index in [4.69, 9.17) is 18.9 Å². The van der Waals surface area contributed by atoms with Gasteiger partial charge in [0.25, 0.3) is 11.8 Å². The van der Waals surface area contributed by atoms with Crippen LogP contribution >= 0.6 is 0 Å². The summed E-state index contributed by atoms with van der Waals surface area (Å²) in [4.78, 5) is 25.3. The van der Waals surface area contributed by atoms with E-state index in [0.717, 1.165) is 0 Å². The molecule has 0 aliphatic carbocycles. The SMILES string of the molecule is CCOc1ccc(NC(=O)c2ccc(C(=O)Nc3ccc(OCC)c(OC)c3)cc2)cc1OC. The van der Waals surface area contributed by atoms with Gasteiger partial charge in [0, 0.05) is 34.6 Å². The first-order chi connectivity index (χ1) is 16.5. The number of hydrogen-bond donors (Lipinski definition) is 2. The van der Waals surface area contributed by atoms with Gasteiger partial charge in [0.15, 0.2) is 23.0 Å². The maximum absolute atomic E-state index is 12.6. The van der Waals surface area contributed by atoms with Crippen LogP contribution in [0, 0.1) is 0 Å². The van der Waals surface area contributed by atoms with Crippen LogP contribution in [0.1, 0.15) is 34.6 Å². The summed E-state index contributed by atoms with van der Waals surface area (Å²) >= 11 is 0. The van der Waals surface area contributed by atoms with Crippen molar-refractivity contribution >= 4 is 23.2 Å².